The van der Waals surface area contributed by atoms with Crippen LogP contribution in [0.4, 0.5) is 24.5 Å². The van der Waals surface area contributed by atoms with Gasteiger partial charge >= 0.3 is 0 Å². The van der Waals surface area contributed by atoms with Crippen LogP contribution < -0.4 is 16.0 Å². The van der Waals surface area contributed by atoms with E-state index in [1.807, 2.05) is 0 Å². The lowest BCUT2D eigenvalue weighted by atomic mass is 9.77. The topological polar surface area (TPSA) is 108 Å². The van der Waals surface area contributed by atoms with Crippen molar-refractivity contribution in [3.05, 3.63) is 71.7 Å². The van der Waals surface area contributed by atoms with Gasteiger partial charge in [-0.05, 0) is 29.8 Å². The highest BCUT2D eigenvalue weighted by Gasteiger charge is 2.42. The van der Waals surface area contributed by atoms with Gasteiger partial charge in [0.15, 0.2) is 0 Å². The monoisotopic (exact) mass is 464 g/mol. The molecular weight excluding hydrogens is 445 g/mol. The van der Waals surface area contributed by atoms with E-state index in [9.17, 15) is 14.4 Å². The first-order valence-electron chi connectivity index (χ1n) is 10.6. The van der Waals surface area contributed by atoms with Crippen molar-refractivity contribution >= 4 is 17.3 Å². The van der Waals surface area contributed by atoms with Crippen LogP contribution >= 0.6 is 0 Å². The largest absolute Gasteiger partial charge is 0.368 e. The smallest absolute Gasteiger partial charge is 0.274 e. The summed E-state index contributed by atoms with van der Waals surface area (Å²) in [7, 11) is 0. The van der Waals surface area contributed by atoms with Gasteiger partial charge in [-0.3, -0.25) is 9.78 Å². The van der Waals surface area contributed by atoms with Gasteiger partial charge in [0.25, 0.3) is 5.91 Å². The van der Waals surface area contributed by atoms with E-state index in [0.717, 1.165) is 18.2 Å². The number of amides is 1. The van der Waals surface area contributed by atoms with Gasteiger partial charge in [-0.2, -0.15) is 5.26 Å². The molecule has 2 aromatic heterocycles. The number of anilines is 2. The van der Waals surface area contributed by atoms with Crippen LogP contribution in [-0.4, -0.2) is 35.0 Å². The third kappa shape index (κ3) is 3.54. The molecule has 34 heavy (non-hydrogen) atoms. The number of fused-ring (bicyclic) bond motifs is 8. The van der Waals surface area contributed by atoms with Crippen LogP contribution in [0, 0.1) is 34.8 Å². The van der Waals surface area contributed by atoms with E-state index in [-0.39, 0.29) is 29.9 Å². The fourth-order valence-electron chi connectivity index (χ4n) is 4.73. The van der Waals surface area contributed by atoms with Gasteiger partial charge in [-0.1, -0.05) is 12.1 Å². The van der Waals surface area contributed by atoms with Gasteiger partial charge in [-0.25, -0.2) is 18.2 Å². The number of alkyl halides is 1. The molecule has 4 atom stereocenters. The maximum atomic E-state index is 16.2. The molecule has 4 heterocycles. The van der Waals surface area contributed by atoms with Gasteiger partial charge < -0.3 is 16.0 Å². The van der Waals surface area contributed by atoms with Crippen LogP contribution in [0.2, 0.25) is 0 Å². The van der Waals surface area contributed by atoms with Gasteiger partial charge in [0.2, 0.25) is 0 Å². The predicted octanol–water partition coefficient (Wildman–Crippen LogP) is 3.60. The first-order chi connectivity index (χ1) is 16.4. The summed E-state index contributed by atoms with van der Waals surface area (Å²) in [6.45, 7) is 0.286. The Kier molecular flexibility index (Phi) is 5.42. The first kappa shape index (κ1) is 21.9. The SMILES string of the molecule is N#CC1C(N)CN2CC1C(F)c1cccc(F)c1-c1nc(ccc1F)C(=O)Nc1cnccc12. The number of nitrogens with zero attached hydrogens (tertiary/aromatic N) is 4. The predicted molar refractivity (Wildman–Crippen MR) is 118 cm³/mol. The van der Waals surface area contributed by atoms with E-state index in [1.165, 1.54) is 24.5 Å². The third-order valence-electron chi connectivity index (χ3n) is 6.36. The summed E-state index contributed by atoms with van der Waals surface area (Å²) in [5.41, 5.74) is 5.93. The normalized spacial score (nSPS) is 23.9. The van der Waals surface area contributed by atoms with Crippen molar-refractivity contribution in [2.45, 2.75) is 12.2 Å². The molecule has 1 amide bonds. The number of hydrogen-bond donors (Lipinski definition) is 2. The second-order valence-electron chi connectivity index (χ2n) is 8.37. The van der Waals surface area contributed by atoms with E-state index in [0.29, 0.717) is 11.4 Å². The Morgan fingerprint density at radius 1 is 1.15 bits per heavy atom. The number of aromatic nitrogens is 2. The molecule has 0 saturated carbocycles. The lowest BCUT2D eigenvalue weighted by Gasteiger charge is -2.42. The zero-order valence-corrected chi connectivity index (χ0v) is 17.8. The molecule has 2 aliphatic rings. The Hall–Kier alpha value is -3.97. The van der Waals surface area contributed by atoms with E-state index in [2.05, 4.69) is 21.4 Å². The van der Waals surface area contributed by atoms with Gasteiger partial charge in [0, 0.05) is 36.8 Å². The number of carbonyl (C=O) groups is 1. The van der Waals surface area contributed by atoms with E-state index >= 15 is 8.78 Å². The third-order valence-corrected chi connectivity index (χ3v) is 6.36. The summed E-state index contributed by atoms with van der Waals surface area (Å²) in [5.74, 6) is -4.31. The Morgan fingerprint density at radius 2 is 1.97 bits per heavy atom. The van der Waals surface area contributed by atoms with Crippen LogP contribution in [0.3, 0.4) is 0 Å². The number of nitrogens with one attached hydrogen (secondary N) is 1. The maximum absolute atomic E-state index is 16.2. The number of rotatable bonds is 0. The van der Waals surface area contributed by atoms with E-state index in [1.54, 1.807) is 11.0 Å². The molecule has 10 heteroatoms. The molecule has 1 saturated heterocycles. The molecule has 0 radical (unpaired) electrons. The van der Waals surface area contributed by atoms with Crippen molar-refractivity contribution in [1.29, 1.82) is 5.26 Å². The van der Waals surface area contributed by atoms with Crippen LogP contribution in [0.5, 0.6) is 0 Å². The number of benzene rings is 1. The second kappa shape index (κ2) is 8.43. The number of hydrogen-bond acceptors (Lipinski definition) is 6. The summed E-state index contributed by atoms with van der Waals surface area (Å²) in [5, 5.41) is 12.5. The highest BCUT2D eigenvalue weighted by Crippen LogP contribution is 2.43. The summed E-state index contributed by atoms with van der Waals surface area (Å²) in [4.78, 5) is 22.8. The highest BCUT2D eigenvalue weighted by molar-refractivity contribution is 6.05. The van der Waals surface area contributed by atoms with Crippen molar-refractivity contribution < 1.29 is 18.0 Å². The molecule has 3 aromatic rings. The Bertz CT molecular complexity index is 1330. The average molecular weight is 464 g/mol. The minimum absolute atomic E-state index is 0.0590. The lowest BCUT2D eigenvalue weighted by molar-refractivity contribution is 0.102. The van der Waals surface area contributed by atoms with Gasteiger partial charge in [-0.15, -0.1) is 0 Å². The van der Waals surface area contributed by atoms with Crippen LogP contribution in [0.15, 0.2) is 48.8 Å². The fraction of sp³-hybridized carbons (Fsp3) is 0.250. The number of pyridine rings is 2. The molecule has 0 spiro atoms. The lowest BCUT2D eigenvalue weighted by Crippen LogP contribution is -2.54. The van der Waals surface area contributed by atoms with Crippen molar-refractivity contribution in [3.63, 3.8) is 0 Å². The molecule has 2 aliphatic heterocycles. The van der Waals surface area contributed by atoms with Gasteiger partial charge in [0.1, 0.15) is 29.2 Å². The summed E-state index contributed by atoms with van der Waals surface area (Å²) in [6, 6.07) is 8.90. The number of nitrogens with two attached hydrogens (primary N) is 1. The number of halogens is 3. The van der Waals surface area contributed by atoms with Gasteiger partial charge in [0.05, 0.1) is 29.6 Å². The Balaban J connectivity index is 1.78. The first-order valence-corrected chi connectivity index (χ1v) is 10.6. The molecule has 0 aliphatic carbocycles. The summed E-state index contributed by atoms with van der Waals surface area (Å²) < 4.78 is 46.1. The molecule has 4 unspecified atom stereocenters. The molecule has 172 valence electrons. The van der Waals surface area contributed by atoms with Crippen molar-refractivity contribution in [2.24, 2.45) is 17.6 Å². The Labute approximate surface area is 193 Å². The fourth-order valence-corrected chi connectivity index (χ4v) is 4.73. The zero-order chi connectivity index (χ0) is 24.0. The van der Waals surface area contributed by atoms with E-state index < -0.39 is 47.3 Å². The number of piperidine rings is 1. The molecule has 4 bridgehead atoms. The molecular formula is C24H19F3N6O. The molecule has 1 aromatic carbocycles. The quantitative estimate of drug-likeness (QED) is 0.526. The number of carbonyl (C=O) groups excluding carboxylic acids is 1. The van der Waals surface area contributed by atoms with Crippen LogP contribution in [0.25, 0.3) is 11.3 Å². The zero-order valence-electron chi connectivity index (χ0n) is 17.8. The van der Waals surface area contributed by atoms with Crippen molar-refractivity contribution in [2.75, 3.05) is 23.3 Å². The second-order valence-corrected chi connectivity index (χ2v) is 8.37. The highest BCUT2D eigenvalue weighted by atomic mass is 19.1. The molecule has 3 N–H and O–H groups in total. The molecule has 7 nitrogen and oxygen atoms in total. The minimum atomic E-state index is -1.86. The standard InChI is InChI=1S/C24H19F3N6O/c25-15-3-1-2-12-21(15)23-16(26)4-5-18(31-23)24(34)32-19-9-30-7-6-20(19)33-10-14(22(12)27)13(8-28)17(29)11-33/h1-7,9,13-14,17,22H,10-11,29H2,(H,32,34). The Morgan fingerprint density at radius 3 is 2.76 bits per heavy atom. The van der Waals surface area contributed by atoms with Crippen LogP contribution in [0.1, 0.15) is 22.2 Å². The molecule has 5 rings (SSSR count). The van der Waals surface area contributed by atoms with E-state index in [4.69, 9.17) is 5.73 Å². The minimum Gasteiger partial charge on any atom is -0.368 e. The summed E-state index contributed by atoms with van der Waals surface area (Å²) in [6.07, 6.45) is 1.09. The average Bonchev–Trinajstić information content (AvgIpc) is 2.83. The van der Waals surface area contributed by atoms with Crippen molar-refractivity contribution in [1.82, 2.24) is 9.97 Å². The summed E-state index contributed by atoms with van der Waals surface area (Å²) >= 11 is 0. The van der Waals surface area contributed by atoms with Crippen molar-refractivity contribution in [3.8, 4) is 17.3 Å². The maximum Gasteiger partial charge on any atom is 0.274 e. The molecule has 1 fully saturated rings. The number of nitriles is 1. The van der Waals surface area contributed by atoms with Crippen LogP contribution in [-0.2, 0) is 0 Å².